The van der Waals surface area contributed by atoms with Crippen LogP contribution in [0.2, 0.25) is 0 Å². The van der Waals surface area contributed by atoms with Gasteiger partial charge in [0.2, 0.25) is 0 Å². The summed E-state index contributed by atoms with van der Waals surface area (Å²) < 4.78 is 5.45. The van der Waals surface area contributed by atoms with E-state index in [0.717, 1.165) is 5.76 Å². The third kappa shape index (κ3) is 5.78. The Labute approximate surface area is 75.4 Å². The van der Waals surface area contributed by atoms with Crippen molar-refractivity contribution in [3.63, 3.8) is 0 Å². The SMILES string of the molecule is C=C/C(=C\C=C(C)C)OC(C)C. The fourth-order valence-electron chi connectivity index (χ4n) is 0.676. The molecule has 0 heterocycles. The molecule has 12 heavy (non-hydrogen) atoms. The van der Waals surface area contributed by atoms with Gasteiger partial charge in [-0.2, -0.15) is 0 Å². The molecule has 0 saturated carbocycles. The lowest BCUT2D eigenvalue weighted by Crippen LogP contribution is -2.00. The van der Waals surface area contributed by atoms with E-state index in [1.54, 1.807) is 6.08 Å². The van der Waals surface area contributed by atoms with Crippen molar-refractivity contribution in [1.82, 2.24) is 0 Å². The lowest BCUT2D eigenvalue weighted by atomic mass is 10.3. The van der Waals surface area contributed by atoms with Gasteiger partial charge in [-0.05, 0) is 39.8 Å². The molecule has 0 amide bonds. The van der Waals surface area contributed by atoms with Crippen LogP contribution in [-0.4, -0.2) is 6.10 Å². The molecular formula is C11H18O. The minimum absolute atomic E-state index is 0.208. The van der Waals surface area contributed by atoms with Crippen molar-refractivity contribution in [3.8, 4) is 0 Å². The lowest BCUT2D eigenvalue weighted by Gasteiger charge is -2.09. The average molecular weight is 166 g/mol. The number of allylic oxidation sites excluding steroid dienone is 4. The highest BCUT2D eigenvalue weighted by Crippen LogP contribution is 2.04. The molecule has 0 atom stereocenters. The average Bonchev–Trinajstić information content (AvgIpc) is 1.97. The van der Waals surface area contributed by atoms with Gasteiger partial charge in [0.05, 0.1) is 6.10 Å². The molecule has 0 N–H and O–H groups in total. The van der Waals surface area contributed by atoms with E-state index in [4.69, 9.17) is 4.74 Å². The zero-order valence-corrected chi connectivity index (χ0v) is 8.42. The van der Waals surface area contributed by atoms with Crippen molar-refractivity contribution in [2.24, 2.45) is 0 Å². The zero-order chi connectivity index (χ0) is 9.56. The largest absolute Gasteiger partial charge is 0.491 e. The van der Waals surface area contributed by atoms with Crippen LogP contribution in [0.5, 0.6) is 0 Å². The Kier molecular flexibility index (Phi) is 5.18. The monoisotopic (exact) mass is 166 g/mol. The summed E-state index contributed by atoms with van der Waals surface area (Å²) in [6.07, 6.45) is 5.88. The van der Waals surface area contributed by atoms with Crippen molar-refractivity contribution in [2.45, 2.75) is 33.8 Å². The van der Waals surface area contributed by atoms with Gasteiger partial charge in [0, 0.05) is 0 Å². The molecule has 0 unspecified atom stereocenters. The van der Waals surface area contributed by atoms with Crippen LogP contribution >= 0.6 is 0 Å². The van der Waals surface area contributed by atoms with Crippen molar-refractivity contribution in [3.05, 3.63) is 36.1 Å². The summed E-state index contributed by atoms with van der Waals surface area (Å²) in [6, 6.07) is 0. The summed E-state index contributed by atoms with van der Waals surface area (Å²) in [5.41, 5.74) is 1.25. The number of ether oxygens (including phenoxy) is 1. The van der Waals surface area contributed by atoms with E-state index in [9.17, 15) is 0 Å². The first-order valence-corrected chi connectivity index (χ1v) is 4.20. The first kappa shape index (κ1) is 11.0. The summed E-state index contributed by atoms with van der Waals surface area (Å²) in [6.45, 7) is 11.8. The lowest BCUT2D eigenvalue weighted by molar-refractivity contribution is 0.158. The molecule has 0 bridgehead atoms. The Morgan fingerprint density at radius 2 is 1.83 bits per heavy atom. The number of rotatable bonds is 4. The van der Waals surface area contributed by atoms with Gasteiger partial charge >= 0.3 is 0 Å². The van der Waals surface area contributed by atoms with Gasteiger partial charge in [0.1, 0.15) is 5.76 Å². The maximum atomic E-state index is 5.45. The van der Waals surface area contributed by atoms with Crippen LogP contribution in [0.1, 0.15) is 27.7 Å². The van der Waals surface area contributed by atoms with E-state index < -0.39 is 0 Å². The zero-order valence-electron chi connectivity index (χ0n) is 8.42. The van der Waals surface area contributed by atoms with Crippen molar-refractivity contribution >= 4 is 0 Å². The van der Waals surface area contributed by atoms with E-state index in [1.165, 1.54) is 5.57 Å². The predicted octanol–water partition coefficient (Wildman–Crippen LogP) is 3.45. The van der Waals surface area contributed by atoms with Crippen LogP contribution in [0.25, 0.3) is 0 Å². The molecule has 0 saturated heterocycles. The molecule has 0 aromatic heterocycles. The fraction of sp³-hybridized carbons (Fsp3) is 0.455. The van der Waals surface area contributed by atoms with Crippen LogP contribution in [0.15, 0.2) is 36.1 Å². The Morgan fingerprint density at radius 3 is 2.17 bits per heavy atom. The molecule has 0 fully saturated rings. The topological polar surface area (TPSA) is 9.23 Å². The quantitative estimate of drug-likeness (QED) is 0.459. The molecule has 0 spiro atoms. The third-order valence-electron chi connectivity index (χ3n) is 1.15. The fourth-order valence-corrected chi connectivity index (χ4v) is 0.676. The molecule has 0 aromatic carbocycles. The minimum atomic E-state index is 0.208. The van der Waals surface area contributed by atoms with Crippen molar-refractivity contribution < 1.29 is 4.74 Å². The van der Waals surface area contributed by atoms with E-state index in [-0.39, 0.29) is 6.10 Å². The van der Waals surface area contributed by atoms with E-state index in [1.807, 2.05) is 39.8 Å². The maximum absolute atomic E-state index is 5.45. The van der Waals surface area contributed by atoms with Gasteiger partial charge in [0.25, 0.3) is 0 Å². The van der Waals surface area contributed by atoms with Gasteiger partial charge in [-0.25, -0.2) is 0 Å². The van der Waals surface area contributed by atoms with Gasteiger partial charge in [0.15, 0.2) is 0 Å². The van der Waals surface area contributed by atoms with Crippen LogP contribution < -0.4 is 0 Å². The highest BCUT2D eigenvalue weighted by Gasteiger charge is 1.94. The second-order valence-corrected chi connectivity index (χ2v) is 3.18. The summed E-state index contributed by atoms with van der Waals surface area (Å²) in [7, 11) is 0. The van der Waals surface area contributed by atoms with Crippen LogP contribution in [0.3, 0.4) is 0 Å². The highest BCUT2D eigenvalue weighted by atomic mass is 16.5. The third-order valence-corrected chi connectivity index (χ3v) is 1.15. The molecule has 68 valence electrons. The minimum Gasteiger partial charge on any atom is -0.491 e. The summed E-state index contributed by atoms with van der Waals surface area (Å²) in [5.74, 6) is 0.825. The first-order chi connectivity index (χ1) is 5.56. The van der Waals surface area contributed by atoms with Crippen LogP contribution in [0.4, 0.5) is 0 Å². The predicted molar refractivity (Wildman–Crippen MR) is 53.9 cm³/mol. The summed E-state index contributed by atoms with van der Waals surface area (Å²) in [5, 5.41) is 0. The summed E-state index contributed by atoms with van der Waals surface area (Å²) in [4.78, 5) is 0. The molecule has 0 rings (SSSR count). The summed E-state index contributed by atoms with van der Waals surface area (Å²) >= 11 is 0. The van der Waals surface area contributed by atoms with E-state index in [2.05, 4.69) is 6.58 Å². The number of hydrogen-bond acceptors (Lipinski definition) is 1. The molecule has 0 aliphatic carbocycles. The van der Waals surface area contributed by atoms with Gasteiger partial charge in [-0.3, -0.25) is 0 Å². The molecule has 0 radical (unpaired) electrons. The molecule has 0 aliphatic rings. The van der Waals surface area contributed by atoms with Gasteiger partial charge in [-0.1, -0.05) is 18.2 Å². The molecule has 0 aliphatic heterocycles. The van der Waals surface area contributed by atoms with E-state index in [0.29, 0.717) is 0 Å². The van der Waals surface area contributed by atoms with E-state index >= 15 is 0 Å². The van der Waals surface area contributed by atoms with Crippen molar-refractivity contribution in [2.75, 3.05) is 0 Å². The highest BCUT2D eigenvalue weighted by molar-refractivity contribution is 5.18. The first-order valence-electron chi connectivity index (χ1n) is 4.20. The normalized spacial score (nSPS) is 11.2. The Bertz CT molecular complexity index is 193. The second kappa shape index (κ2) is 5.64. The smallest absolute Gasteiger partial charge is 0.119 e. The Morgan fingerprint density at radius 1 is 1.25 bits per heavy atom. The molecular weight excluding hydrogens is 148 g/mol. The number of hydrogen-bond donors (Lipinski definition) is 0. The van der Waals surface area contributed by atoms with Gasteiger partial charge < -0.3 is 4.74 Å². The standard InChI is InChI=1S/C11H18O/c1-6-11(12-10(4)5)8-7-9(2)3/h6-8,10H,1H2,2-5H3/b11-8+. The molecule has 0 aromatic rings. The van der Waals surface area contributed by atoms with Crippen LogP contribution in [-0.2, 0) is 4.74 Å². The van der Waals surface area contributed by atoms with Gasteiger partial charge in [-0.15, -0.1) is 0 Å². The van der Waals surface area contributed by atoms with Crippen LogP contribution in [0, 0.1) is 0 Å². The second-order valence-electron chi connectivity index (χ2n) is 3.18. The molecule has 1 nitrogen and oxygen atoms in total. The Hall–Kier alpha value is -0.980. The molecule has 1 heteroatoms. The van der Waals surface area contributed by atoms with Crippen molar-refractivity contribution in [1.29, 1.82) is 0 Å². The Balaban J connectivity index is 4.24. The maximum Gasteiger partial charge on any atom is 0.119 e.